The van der Waals surface area contributed by atoms with E-state index in [9.17, 15) is 13.2 Å². The average molecular weight is 420 g/mol. The van der Waals surface area contributed by atoms with E-state index in [1.54, 1.807) is 42.4 Å². The molecule has 0 radical (unpaired) electrons. The van der Waals surface area contributed by atoms with Gasteiger partial charge in [0.15, 0.2) is 0 Å². The minimum absolute atomic E-state index is 0.114. The van der Waals surface area contributed by atoms with Crippen molar-refractivity contribution in [1.82, 2.24) is 19.6 Å². The van der Waals surface area contributed by atoms with Crippen molar-refractivity contribution in [2.24, 2.45) is 0 Å². The molecule has 1 aliphatic rings. The van der Waals surface area contributed by atoms with Crippen LogP contribution in [0.1, 0.15) is 17.3 Å². The predicted molar refractivity (Wildman–Crippen MR) is 108 cm³/mol. The maximum Gasteiger partial charge on any atom is 0.253 e. The van der Waals surface area contributed by atoms with Gasteiger partial charge < -0.3 is 14.5 Å². The van der Waals surface area contributed by atoms with Crippen molar-refractivity contribution >= 4 is 21.9 Å². The number of rotatable bonds is 7. The highest BCUT2D eigenvalue weighted by molar-refractivity contribution is 7.89. The van der Waals surface area contributed by atoms with Crippen LogP contribution in [0.25, 0.3) is 0 Å². The van der Waals surface area contributed by atoms with Gasteiger partial charge >= 0.3 is 0 Å². The molecule has 156 valence electrons. The lowest BCUT2D eigenvalue weighted by molar-refractivity contribution is 0.0746. The minimum Gasteiger partial charge on any atom is -0.383 e. The van der Waals surface area contributed by atoms with Gasteiger partial charge in [0.05, 0.1) is 11.5 Å². The number of nitrogens with one attached hydrogen (secondary N) is 1. The zero-order valence-corrected chi connectivity index (χ0v) is 17.3. The highest BCUT2D eigenvalue weighted by Gasteiger charge is 2.24. The van der Waals surface area contributed by atoms with Crippen molar-refractivity contribution in [2.75, 3.05) is 44.8 Å². The molecule has 29 heavy (non-hydrogen) atoms. The topological polar surface area (TPSA) is 105 Å². The molecule has 1 N–H and O–H groups in total. The third kappa shape index (κ3) is 5.28. The summed E-state index contributed by atoms with van der Waals surface area (Å²) in [5.41, 5.74) is 0.457. The normalized spacial score (nSPS) is 15.9. The molecule has 10 heteroatoms. The number of carbonyl (C=O) groups is 1. The van der Waals surface area contributed by atoms with Crippen LogP contribution in [0.3, 0.4) is 0 Å². The first-order valence-corrected chi connectivity index (χ1v) is 10.8. The number of aromatic nitrogens is 2. The van der Waals surface area contributed by atoms with E-state index in [1.807, 2.05) is 4.90 Å². The summed E-state index contributed by atoms with van der Waals surface area (Å²) in [7, 11) is -2.15. The molecule has 1 aromatic heterocycles. The summed E-state index contributed by atoms with van der Waals surface area (Å²) in [6.45, 7) is 4.38. The van der Waals surface area contributed by atoms with Crippen LogP contribution in [0.5, 0.6) is 0 Å². The van der Waals surface area contributed by atoms with E-state index in [-0.39, 0.29) is 23.5 Å². The highest BCUT2D eigenvalue weighted by Crippen LogP contribution is 2.15. The summed E-state index contributed by atoms with van der Waals surface area (Å²) >= 11 is 0. The first-order valence-electron chi connectivity index (χ1n) is 9.33. The average Bonchev–Trinajstić information content (AvgIpc) is 2.74. The third-order valence-corrected chi connectivity index (χ3v) is 6.19. The van der Waals surface area contributed by atoms with E-state index in [4.69, 9.17) is 4.74 Å². The minimum atomic E-state index is -3.66. The Morgan fingerprint density at radius 1 is 1.14 bits per heavy atom. The lowest BCUT2D eigenvalue weighted by atomic mass is 10.2. The molecule has 1 amide bonds. The molecule has 0 spiro atoms. The number of benzene rings is 1. The zero-order valence-electron chi connectivity index (χ0n) is 16.5. The Balaban J connectivity index is 1.61. The second kappa shape index (κ2) is 9.29. The first kappa shape index (κ1) is 21.2. The standard InChI is InChI=1S/C19H25N5O4S/c1-15(14-28-2)22-29(26,27)17-6-4-16(5-7-17)18(25)23-10-12-24(13-11-23)19-20-8-3-9-21-19/h3-9,15,22H,10-14H2,1-2H3/t15-/m1/s1. The molecule has 1 fully saturated rings. The molecule has 1 aromatic carbocycles. The maximum atomic E-state index is 12.8. The van der Waals surface area contributed by atoms with Crippen LogP contribution in [0.4, 0.5) is 5.95 Å². The van der Waals surface area contributed by atoms with Gasteiger partial charge in [0, 0.05) is 57.3 Å². The van der Waals surface area contributed by atoms with Crippen LogP contribution < -0.4 is 9.62 Å². The van der Waals surface area contributed by atoms with Crippen molar-refractivity contribution in [3.8, 4) is 0 Å². The molecular formula is C19H25N5O4S. The fraction of sp³-hybridized carbons (Fsp3) is 0.421. The summed E-state index contributed by atoms with van der Waals surface area (Å²) in [6.07, 6.45) is 3.39. The molecule has 9 nitrogen and oxygen atoms in total. The van der Waals surface area contributed by atoms with Gasteiger partial charge in [-0.3, -0.25) is 4.79 Å². The Morgan fingerprint density at radius 2 is 1.76 bits per heavy atom. The molecule has 1 atom stereocenters. The van der Waals surface area contributed by atoms with Crippen LogP contribution in [0.2, 0.25) is 0 Å². The predicted octanol–water partition coefficient (Wildman–Crippen LogP) is 0.752. The van der Waals surface area contributed by atoms with Crippen molar-refractivity contribution in [2.45, 2.75) is 17.9 Å². The molecule has 2 aromatic rings. The summed E-state index contributed by atoms with van der Waals surface area (Å²) in [5, 5.41) is 0. The number of hydrogen-bond donors (Lipinski definition) is 1. The van der Waals surface area contributed by atoms with Gasteiger partial charge in [0.1, 0.15) is 0 Å². The van der Waals surface area contributed by atoms with Gasteiger partial charge in [-0.05, 0) is 37.3 Å². The van der Waals surface area contributed by atoms with Crippen LogP contribution >= 0.6 is 0 Å². The Labute approximate surface area is 170 Å². The Morgan fingerprint density at radius 3 is 2.34 bits per heavy atom. The molecule has 0 unspecified atom stereocenters. The van der Waals surface area contributed by atoms with E-state index in [2.05, 4.69) is 14.7 Å². The number of amides is 1. The highest BCUT2D eigenvalue weighted by atomic mass is 32.2. The summed E-state index contributed by atoms with van der Waals surface area (Å²) in [6, 6.07) is 7.40. The number of nitrogens with zero attached hydrogens (tertiary/aromatic N) is 4. The van der Waals surface area contributed by atoms with Gasteiger partial charge in [-0.15, -0.1) is 0 Å². The van der Waals surface area contributed by atoms with Crippen molar-refractivity contribution in [3.63, 3.8) is 0 Å². The van der Waals surface area contributed by atoms with E-state index in [0.29, 0.717) is 37.7 Å². The number of methoxy groups -OCH3 is 1. The van der Waals surface area contributed by atoms with Gasteiger partial charge in [-0.1, -0.05) is 0 Å². The Bertz CT molecular complexity index is 913. The van der Waals surface area contributed by atoms with Crippen LogP contribution in [-0.2, 0) is 14.8 Å². The van der Waals surface area contributed by atoms with Gasteiger partial charge in [0.2, 0.25) is 16.0 Å². The Kier molecular flexibility index (Phi) is 6.78. The second-order valence-electron chi connectivity index (χ2n) is 6.83. The smallest absolute Gasteiger partial charge is 0.253 e. The molecule has 0 aliphatic carbocycles. The number of sulfonamides is 1. The van der Waals surface area contributed by atoms with Gasteiger partial charge in [-0.25, -0.2) is 23.1 Å². The monoisotopic (exact) mass is 419 g/mol. The van der Waals surface area contributed by atoms with Crippen LogP contribution in [-0.4, -0.2) is 75.1 Å². The van der Waals surface area contributed by atoms with Crippen LogP contribution in [0, 0.1) is 0 Å². The molecule has 2 heterocycles. The van der Waals surface area contributed by atoms with Crippen molar-refractivity contribution in [1.29, 1.82) is 0 Å². The van der Waals surface area contributed by atoms with E-state index < -0.39 is 10.0 Å². The number of carbonyl (C=O) groups excluding carboxylic acids is 1. The summed E-state index contributed by atoms with van der Waals surface area (Å²) in [4.78, 5) is 25.1. The molecule has 1 saturated heterocycles. The molecule has 0 bridgehead atoms. The lowest BCUT2D eigenvalue weighted by Gasteiger charge is -2.34. The van der Waals surface area contributed by atoms with Gasteiger partial charge in [-0.2, -0.15) is 0 Å². The van der Waals surface area contributed by atoms with Crippen molar-refractivity contribution < 1.29 is 17.9 Å². The molecule has 3 rings (SSSR count). The summed E-state index contributed by atoms with van der Waals surface area (Å²) < 4.78 is 32.3. The fourth-order valence-electron chi connectivity index (χ4n) is 3.14. The van der Waals surface area contributed by atoms with E-state index in [0.717, 1.165) is 0 Å². The molecule has 1 aliphatic heterocycles. The lowest BCUT2D eigenvalue weighted by Crippen LogP contribution is -2.49. The van der Waals surface area contributed by atoms with Crippen molar-refractivity contribution in [3.05, 3.63) is 48.3 Å². The number of anilines is 1. The fourth-order valence-corrected chi connectivity index (χ4v) is 4.37. The summed E-state index contributed by atoms with van der Waals surface area (Å²) in [5.74, 6) is 0.535. The second-order valence-corrected chi connectivity index (χ2v) is 8.54. The van der Waals surface area contributed by atoms with Crippen LogP contribution in [0.15, 0.2) is 47.6 Å². The number of ether oxygens (including phenoxy) is 1. The van der Waals surface area contributed by atoms with E-state index >= 15 is 0 Å². The third-order valence-electron chi connectivity index (χ3n) is 4.59. The largest absolute Gasteiger partial charge is 0.383 e. The zero-order chi connectivity index (χ0) is 20.9. The maximum absolute atomic E-state index is 12.8. The SMILES string of the molecule is COC[C@@H](C)NS(=O)(=O)c1ccc(C(=O)N2CCN(c3ncccn3)CC2)cc1. The quantitative estimate of drug-likeness (QED) is 0.706. The van der Waals surface area contributed by atoms with E-state index in [1.165, 1.54) is 19.2 Å². The number of piperazine rings is 1. The first-order chi connectivity index (χ1) is 13.9. The molecular weight excluding hydrogens is 394 g/mol. The molecule has 0 saturated carbocycles. The number of hydrogen-bond acceptors (Lipinski definition) is 7. The van der Waals surface area contributed by atoms with Gasteiger partial charge in [0.25, 0.3) is 5.91 Å². The Hall–Kier alpha value is -2.56.